The highest BCUT2D eigenvalue weighted by molar-refractivity contribution is 7.15. The Bertz CT molecular complexity index is 1610. The molecule has 2 aromatic carbocycles. The standard InChI is InChI=1S/C29H30ClN7O2S/c1-16-17(2)40-29-26(16)27(19-10-12-20(30)13-11-19)34-23(28-36-35-18(3)37(28)29)15-25(39)32-14-6-9-24(38)33-22-8-5-4-7-21(22)31/h4-5,7-8,10-13,23H,6,9,14-15,31H2,1-3H3,(H,32,39)(H,33,38)/t23-/m0/s1. The summed E-state index contributed by atoms with van der Waals surface area (Å²) >= 11 is 7.84. The van der Waals surface area contributed by atoms with Crippen LogP contribution in [-0.4, -0.2) is 38.8 Å². The van der Waals surface area contributed by atoms with Crippen LogP contribution < -0.4 is 16.4 Å². The minimum absolute atomic E-state index is 0.0922. The lowest BCUT2D eigenvalue weighted by Gasteiger charge is -2.13. The molecule has 0 aliphatic carbocycles. The van der Waals surface area contributed by atoms with E-state index in [4.69, 9.17) is 22.3 Å². The van der Waals surface area contributed by atoms with Crippen molar-refractivity contribution >= 4 is 51.8 Å². The number of aromatic nitrogens is 3. The Morgan fingerprint density at radius 1 is 1.05 bits per heavy atom. The van der Waals surface area contributed by atoms with Crippen molar-refractivity contribution in [2.75, 3.05) is 17.6 Å². The summed E-state index contributed by atoms with van der Waals surface area (Å²) in [6.07, 6.45) is 0.831. The van der Waals surface area contributed by atoms with Crippen LogP contribution in [0.15, 0.2) is 53.5 Å². The Hall–Kier alpha value is -4.02. The molecule has 1 aliphatic rings. The van der Waals surface area contributed by atoms with E-state index in [1.807, 2.05) is 47.9 Å². The van der Waals surface area contributed by atoms with Crippen molar-refractivity contribution in [2.24, 2.45) is 4.99 Å². The number of rotatable bonds is 8. The van der Waals surface area contributed by atoms with E-state index >= 15 is 0 Å². The van der Waals surface area contributed by atoms with Gasteiger partial charge in [-0.05, 0) is 57.0 Å². The average Bonchev–Trinajstić information content (AvgIpc) is 3.40. The van der Waals surface area contributed by atoms with Crippen LogP contribution in [-0.2, 0) is 9.59 Å². The number of fused-ring (bicyclic) bond motifs is 3. The summed E-state index contributed by atoms with van der Waals surface area (Å²) in [6.45, 7) is 6.44. The average molecular weight is 576 g/mol. The van der Waals surface area contributed by atoms with Crippen LogP contribution in [0.5, 0.6) is 0 Å². The molecule has 11 heteroatoms. The first kappa shape index (κ1) is 27.5. The molecule has 0 saturated carbocycles. The minimum atomic E-state index is -0.546. The number of benzene rings is 2. The molecule has 4 aromatic rings. The van der Waals surface area contributed by atoms with Gasteiger partial charge in [0.2, 0.25) is 11.8 Å². The fourth-order valence-corrected chi connectivity index (χ4v) is 6.02. The van der Waals surface area contributed by atoms with Crippen LogP contribution in [0.2, 0.25) is 5.02 Å². The Labute approximate surface area is 241 Å². The van der Waals surface area contributed by atoms with Crippen molar-refractivity contribution in [1.82, 2.24) is 20.1 Å². The van der Waals surface area contributed by atoms with E-state index in [0.29, 0.717) is 35.2 Å². The lowest BCUT2D eigenvalue weighted by atomic mass is 9.99. The Morgan fingerprint density at radius 3 is 2.55 bits per heavy atom. The number of halogens is 1. The van der Waals surface area contributed by atoms with Crippen LogP contribution in [0.25, 0.3) is 5.00 Å². The highest BCUT2D eigenvalue weighted by Crippen LogP contribution is 2.39. The number of nitrogens with two attached hydrogens (primary N) is 1. The third-order valence-corrected chi connectivity index (χ3v) is 8.32. The first-order chi connectivity index (χ1) is 19.2. The van der Waals surface area contributed by atoms with E-state index in [9.17, 15) is 9.59 Å². The zero-order valence-electron chi connectivity index (χ0n) is 22.5. The van der Waals surface area contributed by atoms with Gasteiger partial charge in [-0.25, -0.2) is 0 Å². The number of amides is 2. The predicted octanol–water partition coefficient (Wildman–Crippen LogP) is 5.31. The first-order valence-electron chi connectivity index (χ1n) is 13.0. The molecule has 2 aromatic heterocycles. The molecule has 0 bridgehead atoms. The number of nitrogen functional groups attached to an aromatic ring is 1. The molecule has 0 fully saturated rings. The molecule has 40 heavy (non-hydrogen) atoms. The Morgan fingerprint density at radius 2 is 1.80 bits per heavy atom. The summed E-state index contributed by atoms with van der Waals surface area (Å²) < 4.78 is 2.02. The number of carbonyl (C=O) groups is 2. The van der Waals surface area contributed by atoms with E-state index in [-0.39, 0.29) is 24.7 Å². The largest absolute Gasteiger partial charge is 0.397 e. The van der Waals surface area contributed by atoms with Crippen molar-refractivity contribution in [3.05, 3.63) is 86.8 Å². The van der Waals surface area contributed by atoms with Crippen molar-refractivity contribution in [1.29, 1.82) is 0 Å². The predicted molar refractivity (Wildman–Crippen MR) is 160 cm³/mol. The van der Waals surface area contributed by atoms with Gasteiger partial charge >= 0.3 is 0 Å². The fraction of sp³-hybridized carbons (Fsp3) is 0.276. The quantitative estimate of drug-likeness (QED) is 0.194. The first-order valence-corrected chi connectivity index (χ1v) is 14.2. The van der Waals surface area contributed by atoms with Crippen molar-refractivity contribution in [2.45, 2.75) is 46.1 Å². The molecule has 9 nitrogen and oxygen atoms in total. The van der Waals surface area contributed by atoms with Crippen molar-refractivity contribution < 1.29 is 9.59 Å². The summed E-state index contributed by atoms with van der Waals surface area (Å²) in [5.74, 6) is 1.02. The van der Waals surface area contributed by atoms with Crippen molar-refractivity contribution in [3.8, 4) is 5.00 Å². The maximum Gasteiger partial charge on any atom is 0.224 e. The molecule has 5 rings (SSSR count). The summed E-state index contributed by atoms with van der Waals surface area (Å²) in [7, 11) is 0. The van der Waals surface area contributed by atoms with Gasteiger partial charge < -0.3 is 16.4 Å². The summed E-state index contributed by atoms with van der Waals surface area (Å²) in [6, 6.07) is 14.1. The second-order valence-electron chi connectivity index (χ2n) is 9.70. The van der Waals surface area contributed by atoms with E-state index < -0.39 is 6.04 Å². The van der Waals surface area contributed by atoms with Gasteiger partial charge in [0.15, 0.2) is 5.82 Å². The van der Waals surface area contributed by atoms with Gasteiger partial charge in [-0.1, -0.05) is 35.9 Å². The summed E-state index contributed by atoms with van der Waals surface area (Å²) in [5.41, 5.74) is 10.8. The third-order valence-electron chi connectivity index (χ3n) is 6.87. The zero-order valence-corrected chi connectivity index (χ0v) is 24.1. The number of hydrogen-bond acceptors (Lipinski definition) is 7. The monoisotopic (exact) mass is 575 g/mol. The molecular formula is C29H30ClN7O2S. The topological polar surface area (TPSA) is 127 Å². The molecule has 1 aliphatic heterocycles. The van der Waals surface area contributed by atoms with Gasteiger partial charge in [-0.2, -0.15) is 0 Å². The lowest BCUT2D eigenvalue weighted by Crippen LogP contribution is -2.27. The van der Waals surface area contributed by atoms with Gasteiger partial charge in [-0.15, -0.1) is 21.5 Å². The maximum atomic E-state index is 13.1. The maximum absolute atomic E-state index is 13.1. The number of aryl methyl sites for hydroxylation is 2. The molecule has 4 N–H and O–H groups in total. The number of nitrogens with zero attached hydrogens (tertiary/aromatic N) is 4. The second kappa shape index (κ2) is 11.6. The van der Waals surface area contributed by atoms with Gasteiger partial charge in [0.1, 0.15) is 16.9 Å². The number of aliphatic imine (C=N–C) groups is 1. The molecule has 1 atom stereocenters. The highest BCUT2D eigenvalue weighted by Gasteiger charge is 2.32. The molecule has 3 heterocycles. The van der Waals surface area contributed by atoms with E-state index in [0.717, 1.165) is 33.2 Å². The molecule has 0 radical (unpaired) electrons. The van der Waals surface area contributed by atoms with Gasteiger partial charge in [0.05, 0.1) is 23.5 Å². The van der Waals surface area contributed by atoms with Crippen LogP contribution in [0, 0.1) is 20.8 Å². The Balaban J connectivity index is 1.32. The van der Waals surface area contributed by atoms with Gasteiger partial charge in [0, 0.05) is 34.0 Å². The Kier molecular flexibility index (Phi) is 7.99. The van der Waals surface area contributed by atoms with Gasteiger partial charge in [-0.3, -0.25) is 19.1 Å². The summed E-state index contributed by atoms with van der Waals surface area (Å²) in [4.78, 5) is 31.7. The summed E-state index contributed by atoms with van der Waals surface area (Å²) in [5, 5.41) is 16.1. The van der Waals surface area contributed by atoms with E-state index in [1.54, 1.807) is 23.5 Å². The molecule has 2 amide bonds. The molecule has 0 spiro atoms. The third kappa shape index (κ3) is 5.64. The highest BCUT2D eigenvalue weighted by atomic mass is 35.5. The van der Waals surface area contributed by atoms with Gasteiger partial charge in [0.25, 0.3) is 0 Å². The normalized spacial score (nSPS) is 14.1. The number of anilines is 2. The zero-order chi connectivity index (χ0) is 28.4. The van der Waals surface area contributed by atoms with Crippen LogP contribution in [0.1, 0.15) is 58.5 Å². The SMILES string of the molecule is Cc1sc2c(c1C)C(c1ccc(Cl)cc1)=N[C@@H](CC(=O)NCCCC(=O)Nc1ccccc1N)c1nnc(C)n1-2. The number of thiophene rings is 1. The van der Waals surface area contributed by atoms with Crippen LogP contribution >= 0.6 is 22.9 Å². The van der Waals surface area contributed by atoms with Crippen LogP contribution in [0.4, 0.5) is 11.4 Å². The van der Waals surface area contributed by atoms with Crippen molar-refractivity contribution in [3.63, 3.8) is 0 Å². The number of nitrogens with one attached hydrogen (secondary N) is 2. The second-order valence-corrected chi connectivity index (χ2v) is 11.3. The van der Waals surface area contributed by atoms with E-state index in [1.165, 1.54) is 4.88 Å². The smallest absolute Gasteiger partial charge is 0.224 e. The molecule has 0 saturated heterocycles. The molecule has 0 unspecified atom stereocenters. The van der Waals surface area contributed by atoms with Crippen LogP contribution in [0.3, 0.4) is 0 Å². The lowest BCUT2D eigenvalue weighted by molar-refractivity contribution is -0.122. The molecular weight excluding hydrogens is 546 g/mol. The van der Waals surface area contributed by atoms with E-state index in [2.05, 4.69) is 34.7 Å². The fourth-order valence-electron chi connectivity index (χ4n) is 4.68. The number of carbonyl (C=O) groups excluding carboxylic acids is 2. The number of para-hydroxylation sites is 2. The minimum Gasteiger partial charge on any atom is -0.397 e. The molecule has 206 valence electrons. The number of hydrogen-bond donors (Lipinski definition) is 3.